The predicted molar refractivity (Wildman–Crippen MR) is 104 cm³/mol. The first-order chi connectivity index (χ1) is 14.5. The molecule has 0 saturated carbocycles. The van der Waals surface area contributed by atoms with Crippen molar-refractivity contribution < 1.29 is 22.9 Å². The van der Waals surface area contributed by atoms with E-state index in [0.29, 0.717) is 22.6 Å². The molecule has 0 unspecified atom stereocenters. The summed E-state index contributed by atoms with van der Waals surface area (Å²) < 4.78 is 41.6. The third-order valence-electron chi connectivity index (χ3n) is 4.61. The second kappa shape index (κ2) is 8.58. The molecule has 31 heavy (non-hydrogen) atoms. The van der Waals surface area contributed by atoms with E-state index in [1.165, 1.54) is 27.7 Å². The Balaban J connectivity index is 1.67. The summed E-state index contributed by atoms with van der Waals surface area (Å²) in [6, 6.07) is 6.23. The van der Waals surface area contributed by atoms with Crippen LogP contribution in [0.4, 0.5) is 24.7 Å². The van der Waals surface area contributed by atoms with Crippen molar-refractivity contribution >= 4 is 17.4 Å². The monoisotopic (exact) mass is 436 g/mol. The summed E-state index contributed by atoms with van der Waals surface area (Å²) in [4.78, 5) is 22.3. The molecule has 9 nitrogen and oxygen atoms in total. The Bertz CT molecular complexity index is 1120. The quantitative estimate of drug-likeness (QED) is 0.449. The number of amides is 1. The molecule has 0 radical (unpaired) electrons. The van der Waals surface area contributed by atoms with Crippen LogP contribution in [0, 0.1) is 24.0 Å². The van der Waals surface area contributed by atoms with E-state index in [4.69, 9.17) is 0 Å². The van der Waals surface area contributed by atoms with Crippen molar-refractivity contribution in [2.75, 3.05) is 5.32 Å². The average Bonchev–Trinajstić information content (AvgIpc) is 3.27. The molecule has 0 bridgehead atoms. The largest absolute Gasteiger partial charge is 0.416 e. The van der Waals surface area contributed by atoms with Crippen molar-refractivity contribution in [1.29, 1.82) is 0 Å². The third kappa shape index (κ3) is 5.27. The van der Waals surface area contributed by atoms with Gasteiger partial charge in [-0.3, -0.25) is 9.48 Å². The van der Waals surface area contributed by atoms with Crippen LogP contribution in [0.3, 0.4) is 0 Å². The number of hydrogen-bond donors (Lipinski definition) is 1. The molecule has 1 amide bonds. The lowest BCUT2D eigenvalue weighted by Crippen LogP contribution is -2.16. The van der Waals surface area contributed by atoms with Crippen molar-refractivity contribution in [2.45, 2.75) is 39.5 Å². The lowest BCUT2D eigenvalue weighted by atomic mass is 10.1. The number of aryl methyl sites for hydroxylation is 2. The first-order valence-electron chi connectivity index (χ1n) is 9.22. The SMILES string of the molecule is Cc1nn(Cc2cccc(C(F)(F)F)c2)c(C)c1NC(=O)CCn1ccc([N+](=O)[O-])n1. The number of nitrogens with one attached hydrogen (secondary N) is 1. The summed E-state index contributed by atoms with van der Waals surface area (Å²) in [5.74, 6) is -0.647. The minimum absolute atomic E-state index is 0.0243. The molecule has 0 aliphatic rings. The third-order valence-corrected chi connectivity index (χ3v) is 4.61. The standard InChI is InChI=1S/C19H19F3N6O3/c1-12-18(23-17(29)7-9-26-8-6-16(25-26)28(30)31)13(2)27(24-12)11-14-4-3-5-15(10-14)19(20,21)22/h3-6,8,10H,7,9,11H2,1-2H3,(H,23,29). The first-order valence-corrected chi connectivity index (χ1v) is 9.22. The molecule has 1 aromatic carbocycles. The van der Waals surface area contributed by atoms with Gasteiger partial charge in [0.2, 0.25) is 5.91 Å². The van der Waals surface area contributed by atoms with Gasteiger partial charge in [0.15, 0.2) is 0 Å². The van der Waals surface area contributed by atoms with E-state index in [0.717, 1.165) is 12.1 Å². The fourth-order valence-corrected chi connectivity index (χ4v) is 3.04. The molecular weight excluding hydrogens is 417 g/mol. The van der Waals surface area contributed by atoms with Crippen molar-refractivity contribution in [3.8, 4) is 0 Å². The lowest BCUT2D eigenvalue weighted by Gasteiger charge is -2.10. The fraction of sp³-hybridized carbons (Fsp3) is 0.316. The molecule has 0 aliphatic carbocycles. The van der Waals surface area contributed by atoms with Gasteiger partial charge in [0, 0.05) is 6.42 Å². The summed E-state index contributed by atoms with van der Waals surface area (Å²) in [6.45, 7) is 3.65. The van der Waals surface area contributed by atoms with Gasteiger partial charge in [-0.2, -0.15) is 23.0 Å². The van der Waals surface area contributed by atoms with Crippen LogP contribution >= 0.6 is 0 Å². The fourth-order valence-electron chi connectivity index (χ4n) is 3.04. The second-order valence-corrected chi connectivity index (χ2v) is 6.89. The van der Waals surface area contributed by atoms with Crippen LogP contribution < -0.4 is 5.32 Å². The number of carbonyl (C=O) groups excluding carboxylic acids is 1. The Kier molecular flexibility index (Phi) is 6.09. The summed E-state index contributed by atoms with van der Waals surface area (Å²) >= 11 is 0. The summed E-state index contributed by atoms with van der Waals surface area (Å²) in [7, 11) is 0. The van der Waals surface area contributed by atoms with E-state index in [1.807, 2.05) is 0 Å². The molecule has 3 aromatic rings. The average molecular weight is 436 g/mol. The maximum atomic E-state index is 12.9. The van der Waals surface area contributed by atoms with Crippen LogP contribution in [0.15, 0.2) is 36.5 Å². The highest BCUT2D eigenvalue weighted by atomic mass is 19.4. The van der Waals surface area contributed by atoms with Crippen LogP contribution in [0.5, 0.6) is 0 Å². The number of nitro groups is 1. The molecule has 1 N–H and O–H groups in total. The number of rotatable bonds is 7. The van der Waals surface area contributed by atoms with Gasteiger partial charge in [-0.15, -0.1) is 0 Å². The van der Waals surface area contributed by atoms with E-state index >= 15 is 0 Å². The van der Waals surface area contributed by atoms with Gasteiger partial charge in [0.05, 0.1) is 53.1 Å². The Labute approximate surface area is 174 Å². The number of hydrogen-bond acceptors (Lipinski definition) is 5. The molecule has 0 fully saturated rings. The van der Waals surface area contributed by atoms with Gasteiger partial charge in [-0.05, 0) is 36.5 Å². The Morgan fingerprint density at radius 1 is 1.23 bits per heavy atom. The smallest absolute Gasteiger partial charge is 0.358 e. The molecular formula is C19H19F3N6O3. The molecule has 0 atom stereocenters. The maximum Gasteiger partial charge on any atom is 0.416 e. The van der Waals surface area contributed by atoms with Crippen molar-refractivity contribution in [1.82, 2.24) is 19.6 Å². The van der Waals surface area contributed by atoms with Crippen molar-refractivity contribution in [2.24, 2.45) is 0 Å². The Morgan fingerprint density at radius 3 is 2.61 bits per heavy atom. The lowest BCUT2D eigenvalue weighted by molar-refractivity contribution is -0.389. The number of carbonyl (C=O) groups is 1. The number of benzene rings is 1. The predicted octanol–water partition coefficient (Wildman–Crippen LogP) is 3.70. The van der Waals surface area contributed by atoms with Gasteiger partial charge in [-0.25, -0.2) is 0 Å². The van der Waals surface area contributed by atoms with Gasteiger partial charge in [0.1, 0.15) is 0 Å². The Hall–Kier alpha value is -3.70. The normalized spacial score (nSPS) is 11.5. The maximum absolute atomic E-state index is 12.9. The molecule has 2 heterocycles. The van der Waals surface area contributed by atoms with E-state index in [2.05, 4.69) is 15.5 Å². The number of halogens is 3. The summed E-state index contributed by atoms with van der Waals surface area (Å²) in [6.07, 6.45) is -3.00. The molecule has 0 aliphatic heterocycles. The molecule has 164 valence electrons. The highest BCUT2D eigenvalue weighted by molar-refractivity contribution is 5.91. The Morgan fingerprint density at radius 2 is 1.97 bits per heavy atom. The van der Waals surface area contributed by atoms with E-state index in [9.17, 15) is 28.1 Å². The highest BCUT2D eigenvalue weighted by Crippen LogP contribution is 2.30. The number of anilines is 1. The molecule has 0 saturated heterocycles. The van der Waals surface area contributed by atoms with Gasteiger partial charge >= 0.3 is 12.0 Å². The minimum Gasteiger partial charge on any atom is -0.358 e. The number of aromatic nitrogens is 4. The van der Waals surface area contributed by atoms with E-state index in [1.54, 1.807) is 19.9 Å². The number of alkyl halides is 3. The van der Waals surface area contributed by atoms with Crippen LogP contribution in [-0.4, -0.2) is 30.4 Å². The van der Waals surface area contributed by atoms with Gasteiger partial charge in [0.25, 0.3) is 0 Å². The van der Waals surface area contributed by atoms with Crippen LogP contribution in [0.25, 0.3) is 0 Å². The van der Waals surface area contributed by atoms with Crippen molar-refractivity contribution in [3.05, 3.63) is 69.2 Å². The minimum atomic E-state index is -4.43. The zero-order valence-electron chi connectivity index (χ0n) is 16.7. The summed E-state index contributed by atoms with van der Waals surface area (Å²) in [5, 5.41) is 21.5. The highest BCUT2D eigenvalue weighted by Gasteiger charge is 2.30. The topological polar surface area (TPSA) is 108 Å². The molecule has 0 spiro atoms. The molecule has 2 aromatic heterocycles. The summed E-state index contributed by atoms with van der Waals surface area (Å²) in [5.41, 5.74) is 1.28. The molecule has 3 rings (SSSR count). The first kappa shape index (κ1) is 22.0. The number of nitrogens with zero attached hydrogens (tertiary/aromatic N) is 5. The second-order valence-electron chi connectivity index (χ2n) is 6.89. The van der Waals surface area contributed by atoms with Crippen LogP contribution in [0.2, 0.25) is 0 Å². The van der Waals surface area contributed by atoms with Crippen LogP contribution in [-0.2, 0) is 24.1 Å². The van der Waals surface area contributed by atoms with E-state index < -0.39 is 16.7 Å². The van der Waals surface area contributed by atoms with Gasteiger partial charge in [-0.1, -0.05) is 12.1 Å². The van der Waals surface area contributed by atoms with Crippen LogP contribution in [0.1, 0.15) is 28.9 Å². The van der Waals surface area contributed by atoms with E-state index in [-0.39, 0.29) is 31.2 Å². The zero-order chi connectivity index (χ0) is 22.8. The van der Waals surface area contributed by atoms with Crippen molar-refractivity contribution in [3.63, 3.8) is 0 Å². The molecule has 12 heteroatoms. The zero-order valence-corrected chi connectivity index (χ0v) is 16.7. The van der Waals surface area contributed by atoms with Gasteiger partial charge < -0.3 is 15.4 Å².